The van der Waals surface area contributed by atoms with Gasteiger partial charge in [0.15, 0.2) is 0 Å². The molecule has 2 aromatic rings. The Bertz CT molecular complexity index is 1270. The zero-order valence-electron chi connectivity index (χ0n) is 18.7. The monoisotopic (exact) mass is 486 g/mol. The van der Waals surface area contributed by atoms with Gasteiger partial charge in [-0.1, -0.05) is 11.6 Å². The summed E-state index contributed by atoms with van der Waals surface area (Å²) in [5, 5.41) is 7.23. The maximum absolute atomic E-state index is 13.5. The molecule has 1 saturated carbocycles. The topological polar surface area (TPSA) is 108 Å². The Balaban J connectivity index is 1.40. The minimum atomic E-state index is -0.699. The van der Waals surface area contributed by atoms with E-state index in [1.807, 2.05) is 13.2 Å². The van der Waals surface area contributed by atoms with Crippen LogP contribution in [0.3, 0.4) is 0 Å². The number of fused-ring (bicyclic) bond motifs is 1. The molecule has 1 aromatic carbocycles. The van der Waals surface area contributed by atoms with Crippen LogP contribution in [0.4, 0.5) is 10.1 Å². The molecule has 2 amide bonds. The minimum absolute atomic E-state index is 0.107. The second kappa shape index (κ2) is 8.14. The highest BCUT2D eigenvalue weighted by Crippen LogP contribution is 2.42. The lowest BCUT2D eigenvalue weighted by molar-refractivity contribution is -0.117. The number of rotatable bonds is 6. The number of anilines is 1. The molecule has 0 spiro atoms. The summed E-state index contributed by atoms with van der Waals surface area (Å²) in [4.78, 5) is 39.5. The molecule has 0 atom stereocenters. The van der Waals surface area contributed by atoms with Gasteiger partial charge in [0, 0.05) is 31.2 Å². The van der Waals surface area contributed by atoms with Crippen molar-refractivity contribution >= 4 is 34.9 Å². The summed E-state index contributed by atoms with van der Waals surface area (Å²) < 4.78 is 15.3. The number of hydrogen-bond acceptors (Lipinski definition) is 6. The van der Waals surface area contributed by atoms with Crippen LogP contribution < -0.4 is 21.6 Å². The Morgan fingerprint density at radius 3 is 2.65 bits per heavy atom. The smallest absolute Gasteiger partial charge is 0.293 e. The molecule has 9 nitrogen and oxygen atoms in total. The van der Waals surface area contributed by atoms with Gasteiger partial charge in [-0.05, 0) is 56.4 Å². The summed E-state index contributed by atoms with van der Waals surface area (Å²) in [6.07, 6.45) is 4.64. The molecule has 4 N–H and O–H groups in total. The fourth-order valence-electron chi connectivity index (χ4n) is 4.70. The average Bonchev–Trinajstić information content (AvgIpc) is 3.08. The Labute approximate surface area is 200 Å². The predicted octanol–water partition coefficient (Wildman–Crippen LogP) is 2.42. The molecule has 1 aliphatic carbocycles. The molecule has 0 unspecified atom stereocenters. The largest absolute Gasteiger partial charge is 0.340 e. The number of aromatic nitrogens is 1. The highest BCUT2D eigenvalue weighted by molar-refractivity contribution is 6.44. The van der Waals surface area contributed by atoms with Crippen LogP contribution in [0.2, 0.25) is 5.02 Å². The number of carbonyl (C=O) groups excluding carboxylic acids is 3. The van der Waals surface area contributed by atoms with Crippen molar-refractivity contribution in [1.82, 2.24) is 25.9 Å². The van der Waals surface area contributed by atoms with Crippen molar-refractivity contribution in [3.63, 3.8) is 0 Å². The zero-order valence-corrected chi connectivity index (χ0v) is 19.5. The Hall–Kier alpha value is -3.37. The molecule has 178 valence electrons. The van der Waals surface area contributed by atoms with E-state index < -0.39 is 29.0 Å². The third-order valence-electron chi connectivity index (χ3n) is 6.54. The van der Waals surface area contributed by atoms with Crippen molar-refractivity contribution in [3.8, 4) is 0 Å². The maximum atomic E-state index is 13.5. The molecule has 0 bridgehead atoms. The van der Waals surface area contributed by atoms with E-state index in [1.165, 1.54) is 18.2 Å². The van der Waals surface area contributed by atoms with E-state index in [1.54, 1.807) is 16.5 Å². The lowest BCUT2D eigenvalue weighted by Crippen LogP contribution is -2.46. The quantitative estimate of drug-likeness (QED) is 0.369. The van der Waals surface area contributed by atoms with Gasteiger partial charge in [0.05, 0.1) is 21.8 Å². The summed E-state index contributed by atoms with van der Waals surface area (Å²) >= 11 is 5.83. The number of ketones is 1. The van der Waals surface area contributed by atoms with Crippen LogP contribution in [-0.2, 0) is 17.8 Å². The van der Waals surface area contributed by atoms with E-state index in [2.05, 4.69) is 21.6 Å². The molecule has 11 heteroatoms. The van der Waals surface area contributed by atoms with Crippen molar-refractivity contribution in [2.45, 2.75) is 44.7 Å². The zero-order chi connectivity index (χ0) is 24.2. The Morgan fingerprint density at radius 2 is 2.00 bits per heavy atom. The van der Waals surface area contributed by atoms with Gasteiger partial charge in [0.25, 0.3) is 17.6 Å². The lowest BCUT2D eigenvalue weighted by atomic mass is 10.0. The van der Waals surface area contributed by atoms with Gasteiger partial charge < -0.3 is 20.6 Å². The van der Waals surface area contributed by atoms with Gasteiger partial charge in [-0.25, -0.2) is 4.39 Å². The summed E-state index contributed by atoms with van der Waals surface area (Å²) in [6.45, 7) is 2.24. The van der Waals surface area contributed by atoms with Gasteiger partial charge in [-0.15, -0.1) is 5.53 Å². The highest BCUT2D eigenvalue weighted by atomic mass is 35.5. The number of halogens is 2. The van der Waals surface area contributed by atoms with E-state index in [0.29, 0.717) is 35.6 Å². The SMILES string of the molecule is Cc1c(C(=O)C(=O)NC2(C3=CN(C)NN3)CC2)c2n(c1C(=O)Nc1ccc(F)c(Cl)c1)CCC2. The van der Waals surface area contributed by atoms with Crippen molar-refractivity contribution in [3.05, 3.63) is 63.5 Å². The van der Waals surface area contributed by atoms with Crippen LogP contribution in [0.25, 0.3) is 0 Å². The minimum Gasteiger partial charge on any atom is -0.340 e. The maximum Gasteiger partial charge on any atom is 0.293 e. The normalized spacial score (nSPS) is 17.6. The standard InChI is InChI=1S/C23H24ClFN6O3/c1-12-18(20(32)22(34)27-23(7-8-23)17-11-30(2)29-28-17)16-4-3-9-31(16)19(12)21(33)26-13-5-6-15(25)14(24)10-13/h5-6,10-11,28-29H,3-4,7-9H2,1-2H3,(H,26,33)(H,27,34). The Kier molecular flexibility index (Phi) is 5.37. The fourth-order valence-corrected chi connectivity index (χ4v) is 4.88. The molecular weight excluding hydrogens is 463 g/mol. The summed E-state index contributed by atoms with van der Waals surface area (Å²) in [5.41, 5.74) is 8.19. The van der Waals surface area contributed by atoms with Crippen molar-refractivity contribution in [2.24, 2.45) is 0 Å². The molecule has 0 radical (unpaired) electrons. The van der Waals surface area contributed by atoms with Crippen LogP contribution in [0.15, 0.2) is 30.1 Å². The number of amides is 2. The molecule has 34 heavy (non-hydrogen) atoms. The fraction of sp³-hybridized carbons (Fsp3) is 0.348. The molecular formula is C23H24ClFN6O3. The highest BCUT2D eigenvalue weighted by Gasteiger charge is 2.50. The summed E-state index contributed by atoms with van der Waals surface area (Å²) in [5.74, 6) is -2.39. The number of benzene rings is 1. The van der Waals surface area contributed by atoms with Gasteiger partial charge in [-0.2, -0.15) is 0 Å². The van der Waals surface area contributed by atoms with E-state index in [9.17, 15) is 18.8 Å². The van der Waals surface area contributed by atoms with Gasteiger partial charge in [0.2, 0.25) is 0 Å². The van der Waals surface area contributed by atoms with Crippen LogP contribution in [0.1, 0.15) is 51.4 Å². The second-order valence-corrected chi connectivity index (χ2v) is 9.30. The van der Waals surface area contributed by atoms with E-state index in [4.69, 9.17) is 11.6 Å². The van der Waals surface area contributed by atoms with E-state index >= 15 is 0 Å². The number of hydrazine groups is 2. The van der Waals surface area contributed by atoms with Crippen LogP contribution in [0, 0.1) is 12.7 Å². The first-order valence-electron chi connectivity index (χ1n) is 11.0. The third kappa shape index (κ3) is 3.72. The molecule has 1 fully saturated rings. The lowest BCUT2D eigenvalue weighted by Gasteiger charge is -2.18. The Morgan fingerprint density at radius 1 is 1.24 bits per heavy atom. The molecule has 0 saturated heterocycles. The first-order valence-corrected chi connectivity index (χ1v) is 11.4. The van der Waals surface area contributed by atoms with Crippen LogP contribution in [-0.4, -0.2) is 39.8 Å². The van der Waals surface area contributed by atoms with Gasteiger partial charge in [-0.3, -0.25) is 19.4 Å². The van der Waals surface area contributed by atoms with E-state index in [0.717, 1.165) is 25.0 Å². The first kappa shape index (κ1) is 22.4. The number of Topliss-reactive ketones (excluding diaryl/α,β-unsaturated/α-hetero) is 1. The van der Waals surface area contributed by atoms with Crippen molar-refractivity contribution in [2.75, 3.05) is 12.4 Å². The van der Waals surface area contributed by atoms with Crippen molar-refractivity contribution in [1.29, 1.82) is 0 Å². The van der Waals surface area contributed by atoms with Crippen LogP contribution in [0.5, 0.6) is 0 Å². The second-order valence-electron chi connectivity index (χ2n) is 8.89. The molecule has 5 rings (SSSR count). The molecule has 3 heterocycles. The number of nitrogens with zero attached hydrogens (tertiary/aromatic N) is 2. The first-order chi connectivity index (χ1) is 16.2. The van der Waals surface area contributed by atoms with Crippen molar-refractivity contribution < 1.29 is 18.8 Å². The number of nitrogens with one attached hydrogen (secondary N) is 4. The van der Waals surface area contributed by atoms with E-state index in [-0.39, 0.29) is 10.6 Å². The average molecular weight is 487 g/mol. The van der Waals surface area contributed by atoms with Gasteiger partial charge >= 0.3 is 0 Å². The third-order valence-corrected chi connectivity index (χ3v) is 6.83. The summed E-state index contributed by atoms with van der Waals surface area (Å²) in [6, 6.07) is 3.90. The summed E-state index contributed by atoms with van der Waals surface area (Å²) in [7, 11) is 1.82. The predicted molar refractivity (Wildman–Crippen MR) is 123 cm³/mol. The number of carbonyl (C=O) groups is 3. The molecule has 3 aliphatic rings. The number of hydrogen-bond donors (Lipinski definition) is 4. The molecule has 1 aromatic heterocycles. The van der Waals surface area contributed by atoms with Crippen LogP contribution >= 0.6 is 11.6 Å². The molecule has 2 aliphatic heterocycles. The van der Waals surface area contributed by atoms with Gasteiger partial charge in [0.1, 0.15) is 11.5 Å².